The van der Waals surface area contributed by atoms with Crippen LogP contribution in [-0.4, -0.2) is 13.4 Å². The van der Waals surface area contributed by atoms with Gasteiger partial charge in [0.1, 0.15) is 0 Å². The van der Waals surface area contributed by atoms with Gasteiger partial charge in [-0.05, 0) is 30.0 Å². The largest absolute Gasteiger partial charge is 0.346 e. The number of allylic oxidation sites excluding steroid dienone is 1. The minimum absolute atomic E-state index is 0.926. The molecular weight excluding hydrogens is 244 g/mol. The number of benzene rings is 2. The summed E-state index contributed by atoms with van der Waals surface area (Å²) in [5.41, 5.74) is 4.91. The highest BCUT2D eigenvalue weighted by molar-refractivity contribution is 5.77. The van der Waals surface area contributed by atoms with Crippen molar-refractivity contribution in [3.8, 4) is 0 Å². The zero-order valence-electron chi connectivity index (χ0n) is 12.0. The summed E-state index contributed by atoms with van der Waals surface area (Å²) in [5, 5.41) is 3.29. The highest BCUT2D eigenvalue weighted by Crippen LogP contribution is 2.18. The van der Waals surface area contributed by atoms with Crippen LogP contribution in [0.15, 0.2) is 71.2 Å². The molecule has 2 aromatic carbocycles. The van der Waals surface area contributed by atoms with Crippen LogP contribution in [0.2, 0.25) is 0 Å². The second-order valence-corrected chi connectivity index (χ2v) is 4.72. The average molecular weight is 264 g/mol. The second kappa shape index (κ2) is 7.29. The molecular formula is C18H20N2. The van der Waals surface area contributed by atoms with E-state index in [-0.39, 0.29) is 0 Å². The lowest BCUT2D eigenvalue weighted by molar-refractivity contribution is 1.11. The fourth-order valence-electron chi connectivity index (χ4n) is 2.18. The van der Waals surface area contributed by atoms with Gasteiger partial charge in [0, 0.05) is 12.7 Å². The first-order valence-electron chi connectivity index (χ1n) is 6.77. The first-order valence-corrected chi connectivity index (χ1v) is 6.77. The minimum Gasteiger partial charge on any atom is -0.346 e. The predicted molar refractivity (Wildman–Crippen MR) is 86.7 cm³/mol. The Bertz CT molecular complexity index is 583. The molecule has 20 heavy (non-hydrogen) atoms. The number of nitrogens with one attached hydrogen (secondary N) is 1. The maximum Gasteiger partial charge on any atom is 0.0864 e. The molecule has 2 rings (SSSR count). The second-order valence-electron chi connectivity index (χ2n) is 4.72. The minimum atomic E-state index is 0.926. The van der Waals surface area contributed by atoms with E-state index in [2.05, 4.69) is 65.8 Å². The first-order chi connectivity index (χ1) is 9.81. The molecule has 0 aromatic heterocycles. The SMILES string of the molecule is C/N=C/N/C(=C(\C)Cc1ccccc1)c1ccccc1. The molecule has 1 N–H and O–H groups in total. The van der Waals surface area contributed by atoms with E-state index in [0.717, 1.165) is 12.1 Å². The number of rotatable bonds is 5. The van der Waals surface area contributed by atoms with Gasteiger partial charge in [0.05, 0.1) is 6.34 Å². The van der Waals surface area contributed by atoms with Gasteiger partial charge in [-0.1, -0.05) is 60.7 Å². The van der Waals surface area contributed by atoms with E-state index in [4.69, 9.17) is 0 Å². The van der Waals surface area contributed by atoms with Crippen LogP contribution >= 0.6 is 0 Å². The summed E-state index contributed by atoms with van der Waals surface area (Å²) in [6, 6.07) is 20.9. The van der Waals surface area contributed by atoms with Crippen molar-refractivity contribution in [2.24, 2.45) is 4.99 Å². The Morgan fingerprint density at radius 3 is 2.20 bits per heavy atom. The molecule has 0 aliphatic heterocycles. The maximum absolute atomic E-state index is 4.02. The lowest BCUT2D eigenvalue weighted by Crippen LogP contribution is -2.12. The Hall–Kier alpha value is -2.35. The summed E-state index contributed by atoms with van der Waals surface area (Å²) in [5.74, 6) is 0. The summed E-state index contributed by atoms with van der Waals surface area (Å²) in [6.07, 6.45) is 2.66. The number of nitrogens with zero attached hydrogens (tertiary/aromatic N) is 1. The van der Waals surface area contributed by atoms with Gasteiger partial charge in [-0.3, -0.25) is 4.99 Å². The van der Waals surface area contributed by atoms with E-state index in [1.165, 1.54) is 16.7 Å². The van der Waals surface area contributed by atoms with Crippen LogP contribution < -0.4 is 5.32 Å². The van der Waals surface area contributed by atoms with Gasteiger partial charge in [-0.15, -0.1) is 0 Å². The smallest absolute Gasteiger partial charge is 0.0864 e. The van der Waals surface area contributed by atoms with Crippen LogP contribution in [0.4, 0.5) is 0 Å². The molecule has 2 heteroatoms. The summed E-state index contributed by atoms with van der Waals surface area (Å²) in [4.78, 5) is 4.02. The molecule has 0 amide bonds. The van der Waals surface area contributed by atoms with Crippen LogP contribution in [0.1, 0.15) is 18.1 Å². The van der Waals surface area contributed by atoms with Crippen molar-refractivity contribution in [3.63, 3.8) is 0 Å². The predicted octanol–water partition coefficient (Wildman–Crippen LogP) is 3.91. The topological polar surface area (TPSA) is 24.4 Å². The summed E-state index contributed by atoms with van der Waals surface area (Å²) >= 11 is 0. The molecule has 2 nitrogen and oxygen atoms in total. The number of hydrogen-bond acceptors (Lipinski definition) is 1. The molecule has 0 saturated carbocycles. The first kappa shape index (κ1) is 14.1. The standard InChI is InChI=1S/C18H20N2/c1-15(13-16-9-5-3-6-10-16)18(20-14-19-2)17-11-7-4-8-12-17/h3-12,14H,13H2,1-2H3,(H,19,20)/b18-15+. The van der Waals surface area contributed by atoms with Crippen molar-refractivity contribution in [2.75, 3.05) is 7.05 Å². The van der Waals surface area contributed by atoms with Crippen molar-refractivity contribution < 1.29 is 0 Å². The van der Waals surface area contributed by atoms with Crippen LogP contribution in [-0.2, 0) is 6.42 Å². The molecule has 0 atom stereocenters. The van der Waals surface area contributed by atoms with Gasteiger partial charge < -0.3 is 5.32 Å². The Morgan fingerprint density at radius 2 is 1.60 bits per heavy atom. The van der Waals surface area contributed by atoms with Gasteiger partial charge in [0.2, 0.25) is 0 Å². The molecule has 0 heterocycles. The summed E-state index contributed by atoms with van der Waals surface area (Å²) in [7, 11) is 1.77. The summed E-state index contributed by atoms with van der Waals surface area (Å²) < 4.78 is 0. The van der Waals surface area contributed by atoms with E-state index in [9.17, 15) is 0 Å². The van der Waals surface area contributed by atoms with Crippen molar-refractivity contribution in [3.05, 3.63) is 77.4 Å². The zero-order chi connectivity index (χ0) is 14.2. The van der Waals surface area contributed by atoms with Gasteiger partial charge in [-0.25, -0.2) is 0 Å². The third-order valence-corrected chi connectivity index (χ3v) is 3.14. The van der Waals surface area contributed by atoms with Crippen molar-refractivity contribution in [1.82, 2.24) is 5.32 Å². The number of hydrogen-bond donors (Lipinski definition) is 1. The molecule has 0 aliphatic rings. The summed E-state index contributed by atoms with van der Waals surface area (Å²) in [6.45, 7) is 2.16. The lowest BCUT2D eigenvalue weighted by Gasteiger charge is -2.13. The lowest BCUT2D eigenvalue weighted by atomic mass is 10.0. The maximum atomic E-state index is 4.02. The fraction of sp³-hybridized carbons (Fsp3) is 0.167. The van der Waals surface area contributed by atoms with Crippen molar-refractivity contribution in [2.45, 2.75) is 13.3 Å². The van der Waals surface area contributed by atoms with Crippen LogP contribution in [0, 0.1) is 0 Å². The molecule has 0 aliphatic carbocycles. The average Bonchev–Trinajstić information content (AvgIpc) is 2.50. The monoisotopic (exact) mass is 264 g/mol. The molecule has 102 valence electrons. The van der Waals surface area contributed by atoms with Crippen molar-refractivity contribution >= 4 is 12.0 Å². The molecule has 0 radical (unpaired) electrons. The van der Waals surface area contributed by atoms with E-state index in [1.54, 1.807) is 13.4 Å². The Morgan fingerprint density at radius 1 is 1.00 bits per heavy atom. The van der Waals surface area contributed by atoms with Crippen molar-refractivity contribution in [1.29, 1.82) is 0 Å². The molecule has 0 unspecified atom stereocenters. The van der Waals surface area contributed by atoms with Crippen LogP contribution in [0.25, 0.3) is 5.70 Å². The van der Waals surface area contributed by atoms with Gasteiger partial charge in [0.15, 0.2) is 0 Å². The quantitative estimate of drug-likeness (QED) is 0.642. The molecule has 0 saturated heterocycles. The van der Waals surface area contributed by atoms with E-state index < -0.39 is 0 Å². The molecule has 2 aromatic rings. The highest BCUT2D eigenvalue weighted by Gasteiger charge is 2.05. The van der Waals surface area contributed by atoms with Crippen LogP contribution in [0.5, 0.6) is 0 Å². The Balaban J connectivity index is 2.31. The van der Waals surface area contributed by atoms with Gasteiger partial charge in [0.25, 0.3) is 0 Å². The van der Waals surface area contributed by atoms with E-state index in [0.29, 0.717) is 0 Å². The molecule has 0 fully saturated rings. The third kappa shape index (κ3) is 3.82. The van der Waals surface area contributed by atoms with E-state index in [1.807, 2.05) is 12.1 Å². The molecule has 0 spiro atoms. The van der Waals surface area contributed by atoms with Crippen LogP contribution in [0.3, 0.4) is 0 Å². The van der Waals surface area contributed by atoms with E-state index >= 15 is 0 Å². The van der Waals surface area contributed by atoms with Gasteiger partial charge >= 0.3 is 0 Å². The Labute approximate surface area is 120 Å². The fourth-order valence-corrected chi connectivity index (χ4v) is 2.18. The third-order valence-electron chi connectivity index (χ3n) is 3.14. The zero-order valence-corrected chi connectivity index (χ0v) is 12.0. The Kier molecular flexibility index (Phi) is 5.13. The molecule has 0 bridgehead atoms. The highest BCUT2D eigenvalue weighted by atomic mass is 14.9. The normalized spacial score (nSPS) is 12.3. The number of aliphatic imine (C=N–C) groups is 1. The van der Waals surface area contributed by atoms with Gasteiger partial charge in [-0.2, -0.15) is 0 Å².